The van der Waals surface area contributed by atoms with Crippen LogP contribution in [-0.2, 0) is 4.79 Å². The van der Waals surface area contributed by atoms with Gasteiger partial charge in [0.15, 0.2) is 0 Å². The van der Waals surface area contributed by atoms with Crippen LogP contribution in [0.15, 0.2) is 29.2 Å². The lowest BCUT2D eigenvalue weighted by molar-refractivity contribution is -0.120. The SMILES string of the molecule is CCSc1ccc(N(C)C2CCC(=O)CC2)cc1. The minimum atomic E-state index is 0.425. The van der Waals surface area contributed by atoms with Gasteiger partial charge in [-0.3, -0.25) is 4.79 Å². The Hall–Kier alpha value is -0.960. The number of hydrogen-bond acceptors (Lipinski definition) is 3. The number of anilines is 1. The highest BCUT2D eigenvalue weighted by molar-refractivity contribution is 7.99. The molecule has 0 atom stereocenters. The normalized spacial score (nSPS) is 16.9. The summed E-state index contributed by atoms with van der Waals surface area (Å²) in [5, 5.41) is 0. The summed E-state index contributed by atoms with van der Waals surface area (Å²) >= 11 is 1.87. The molecule has 0 N–H and O–H groups in total. The Balaban J connectivity index is 1.99. The van der Waals surface area contributed by atoms with Gasteiger partial charge in [0.25, 0.3) is 0 Å². The van der Waals surface area contributed by atoms with Gasteiger partial charge in [-0.05, 0) is 42.9 Å². The number of carbonyl (C=O) groups is 1. The van der Waals surface area contributed by atoms with Gasteiger partial charge in [-0.2, -0.15) is 0 Å². The first-order valence-electron chi connectivity index (χ1n) is 6.68. The zero-order valence-electron chi connectivity index (χ0n) is 11.2. The first-order chi connectivity index (χ1) is 8.70. The Morgan fingerprint density at radius 3 is 2.39 bits per heavy atom. The molecule has 0 amide bonds. The molecule has 1 aromatic rings. The van der Waals surface area contributed by atoms with Gasteiger partial charge in [0.05, 0.1) is 0 Å². The van der Waals surface area contributed by atoms with Gasteiger partial charge < -0.3 is 4.90 Å². The average Bonchev–Trinajstić information content (AvgIpc) is 2.40. The second kappa shape index (κ2) is 6.28. The number of benzene rings is 1. The number of ketones is 1. The third-order valence-corrected chi connectivity index (χ3v) is 4.51. The standard InChI is InChI=1S/C15H21NOS/c1-3-18-15-10-6-13(7-11-15)16(2)12-4-8-14(17)9-5-12/h6-7,10-12H,3-5,8-9H2,1-2H3. The molecule has 0 saturated heterocycles. The predicted octanol–water partition coefficient (Wildman–Crippen LogP) is 3.75. The summed E-state index contributed by atoms with van der Waals surface area (Å²) < 4.78 is 0. The fourth-order valence-corrected chi connectivity index (χ4v) is 3.13. The van der Waals surface area contributed by atoms with E-state index < -0.39 is 0 Å². The molecule has 1 aliphatic rings. The van der Waals surface area contributed by atoms with E-state index in [9.17, 15) is 4.79 Å². The van der Waals surface area contributed by atoms with E-state index in [1.54, 1.807) is 0 Å². The van der Waals surface area contributed by atoms with Crippen LogP contribution >= 0.6 is 11.8 Å². The Morgan fingerprint density at radius 2 is 1.83 bits per heavy atom. The Kier molecular flexibility index (Phi) is 4.70. The van der Waals surface area contributed by atoms with Crippen LogP contribution in [0.25, 0.3) is 0 Å². The second-order valence-corrected chi connectivity index (χ2v) is 6.15. The summed E-state index contributed by atoms with van der Waals surface area (Å²) in [5.41, 5.74) is 1.26. The van der Waals surface area contributed by atoms with E-state index in [0.717, 1.165) is 31.4 Å². The lowest BCUT2D eigenvalue weighted by Crippen LogP contribution is -2.35. The highest BCUT2D eigenvalue weighted by atomic mass is 32.2. The number of Topliss-reactive ketones (excluding diaryl/α,β-unsaturated/α-hetero) is 1. The number of nitrogens with zero attached hydrogens (tertiary/aromatic N) is 1. The van der Waals surface area contributed by atoms with E-state index in [1.165, 1.54) is 10.6 Å². The molecule has 18 heavy (non-hydrogen) atoms. The first kappa shape index (κ1) is 13.5. The quantitative estimate of drug-likeness (QED) is 0.772. The van der Waals surface area contributed by atoms with E-state index in [0.29, 0.717) is 11.8 Å². The van der Waals surface area contributed by atoms with E-state index >= 15 is 0 Å². The van der Waals surface area contributed by atoms with Crippen molar-refractivity contribution in [2.45, 2.75) is 43.5 Å². The van der Waals surface area contributed by atoms with Gasteiger partial charge in [0.2, 0.25) is 0 Å². The van der Waals surface area contributed by atoms with Crippen LogP contribution in [0, 0.1) is 0 Å². The smallest absolute Gasteiger partial charge is 0.133 e. The van der Waals surface area contributed by atoms with Crippen molar-refractivity contribution in [3.63, 3.8) is 0 Å². The van der Waals surface area contributed by atoms with Crippen molar-refractivity contribution in [1.29, 1.82) is 0 Å². The summed E-state index contributed by atoms with van der Waals surface area (Å²) in [7, 11) is 2.14. The van der Waals surface area contributed by atoms with Gasteiger partial charge in [0.1, 0.15) is 5.78 Å². The Labute approximate surface area is 114 Å². The maximum atomic E-state index is 11.3. The monoisotopic (exact) mass is 263 g/mol. The summed E-state index contributed by atoms with van der Waals surface area (Å²) in [6, 6.07) is 9.28. The first-order valence-corrected chi connectivity index (χ1v) is 7.66. The maximum absolute atomic E-state index is 11.3. The third kappa shape index (κ3) is 3.29. The lowest BCUT2D eigenvalue weighted by Gasteiger charge is -2.32. The molecule has 2 rings (SSSR count). The molecule has 1 fully saturated rings. The zero-order chi connectivity index (χ0) is 13.0. The number of carbonyl (C=O) groups excluding carboxylic acids is 1. The van der Waals surface area contributed by atoms with Crippen molar-refractivity contribution in [3.8, 4) is 0 Å². The van der Waals surface area contributed by atoms with E-state index in [1.807, 2.05) is 11.8 Å². The summed E-state index contributed by atoms with van der Waals surface area (Å²) in [6.45, 7) is 2.17. The topological polar surface area (TPSA) is 20.3 Å². The van der Waals surface area contributed by atoms with E-state index in [4.69, 9.17) is 0 Å². The van der Waals surface area contributed by atoms with Crippen LogP contribution in [0.4, 0.5) is 5.69 Å². The zero-order valence-corrected chi connectivity index (χ0v) is 12.0. The molecule has 0 heterocycles. The van der Waals surface area contributed by atoms with E-state index in [-0.39, 0.29) is 0 Å². The van der Waals surface area contributed by atoms with E-state index in [2.05, 4.69) is 43.1 Å². The maximum Gasteiger partial charge on any atom is 0.133 e. The van der Waals surface area contributed by atoms with Crippen molar-refractivity contribution in [2.24, 2.45) is 0 Å². The minimum Gasteiger partial charge on any atom is -0.372 e. The van der Waals surface area contributed by atoms with Crippen molar-refractivity contribution < 1.29 is 4.79 Å². The van der Waals surface area contributed by atoms with Crippen LogP contribution < -0.4 is 4.90 Å². The van der Waals surface area contributed by atoms with Gasteiger partial charge in [-0.1, -0.05) is 6.92 Å². The fraction of sp³-hybridized carbons (Fsp3) is 0.533. The number of rotatable bonds is 4. The summed E-state index contributed by atoms with van der Waals surface area (Å²) in [6.07, 6.45) is 3.50. The minimum absolute atomic E-state index is 0.425. The van der Waals surface area contributed by atoms with Crippen molar-refractivity contribution in [1.82, 2.24) is 0 Å². The van der Waals surface area contributed by atoms with Gasteiger partial charge in [-0.15, -0.1) is 11.8 Å². The lowest BCUT2D eigenvalue weighted by atomic mass is 9.93. The van der Waals surface area contributed by atoms with Crippen molar-refractivity contribution >= 4 is 23.2 Å². The second-order valence-electron chi connectivity index (χ2n) is 4.81. The van der Waals surface area contributed by atoms with Crippen molar-refractivity contribution in [2.75, 3.05) is 17.7 Å². The molecule has 0 aromatic heterocycles. The fourth-order valence-electron chi connectivity index (χ4n) is 2.47. The summed E-state index contributed by atoms with van der Waals surface area (Å²) in [4.78, 5) is 14.9. The van der Waals surface area contributed by atoms with Crippen molar-refractivity contribution in [3.05, 3.63) is 24.3 Å². The molecule has 0 aliphatic heterocycles. The molecule has 0 radical (unpaired) electrons. The Morgan fingerprint density at radius 1 is 1.22 bits per heavy atom. The molecule has 0 spiro atoms. The highest BCUT2D eigenvalue weighted by Gasteiger charge is 2.22. The third-order valence-electron chi connectivity index (χ3n) is 3.62. The van der Waals surface area contributed by atoms with Crippen LogP contribution in [0.2, 0.25) is 0 Å². The molecule has 2 nitrogen and oxygen atoms in total. The summed E-state index contributed by atoms with van der Waals surface area (Å²) in [5.74, 6) is 1.54. The molecule has 0 unspecified atom stereocenters. The molecular weight excluding hydrogens is 242 g/mol. The largest absolute Gasteiger partial charge is 0.372 e. The highest BCUT2D eigenvalue weighted by Crippen LogP contribution is 2.26. The number of hydrogen-bond donors (Lipinski definition) is 0. The molecular formula is C15H21NOS. The average molecular weight is 263 g/mol. The Bertz CT molecular complexity index is 391. The van der Waals surface area contributed by atoms with Crippen LogP contribution in [0.1, 0.15) is 32.6 Å². The predicted molar refractivity (Wildman–Crippen MR) is 78.5 cm³/mol. The van der Waals surface area contributed by atoms with Crippen LogP contribution in [0.5, 0.6) is 0 Å². The molecule has 3 heteroatoms. The molecule has 1 aliphatic carbocycles. The number of thioether (sulfide) groups is 1. The molecule has 1 saturated carbocycles. The van der Waals surface area contributed by atoms with Crippen LogP contribution in [0.3, 0.4) is 0 Å². The molecule has 1 aromatic carbocycles. The molecule has 0 bridgehead atoms. The van der Waals surface area contributed by atoms with Gasteiger partial charge in [-0.25, -0.2) is 0 Å². The van der Waals surface area contributed by atoms with Gasteiger partial charge >= 0.3 is 0 Å². The molecule has 98 valence electrons. The van der Waals surface area contributed by atoms with Crippen LogP contribution in [-0.4, -0.2) is 24.6 Å². The van der Waals surface area contributed by atoms with Gasteiger partial charge in [0, 0.05) is 36.5 Å².